The van der Waals surface area contributed by atoms with E-state index in [1.165, 1.54) is 25.0 Å². The van der Waals surface area contributed by atoms with Gasteiger partial charge in [0.05, 0.1) is 10.8 Å². The van der Waals surface area contributed by atoms with Gasteiger partial charge in [0.2, 0.25) is 5.91 Å². The molecule has 1 aromatic heterocycles. The van der Waals surface area contributed by atoms with Crippen molar-refractivity contribution in [3.63, 3.8) is 0 Å². The van der Waals surface area contributed by atoms with Crippen LogP contribution in [0.1, 0.15) is 24.2 Å². The molecule has 126 valence electrons. The molecule has 1 N–H and O–H groups in total. The van der Waals surface area contributed by atoms with Crippen LogP contribution in [-0.2, 0) is 4.79 Å². The van der Waals surface area contributed by atoms with Crippen molar-refractivity contribution in [2.24, 2.45) is 0 Å². The van der Waals surface area contributed by atoms with Crippen LogP contribution in [0.25, 0.3) is 10.9 Å². The highest BCUT2D eigenvalue weighted by Crippen LogP contribution is 2.29. The Morgan fingerprint density at radius 1 is 1.04 bits per heavy atom. The molecule has 0 radical (unpaired) electrons. The first-order valence-electron chi connectivity index (χ1n) is 7.83. The molecule has 0 unspecified atom stereocenters. The van der Waals surface area contributed by atoms with Crippen molar-refractivity contribution < 1.29 is 9.59 Å². The van der Waals surface area contributed by atoms with Gasteiger partial charge in [0.25, 0.3) is 0 Å². The van der Waals surface area contributed by atoms with Gasteiger partial charge in [-0.1, -0.05) is 30.0 Å². The third-order valence-electron chi connectivity index (χ3n) is 3.65. The van der Waals surface area contributed by atoms with E-state index in [-0.39, 0.29) is 16.9 Å². The fourth-order valence-electron chi connectivity index (χ4n) is 2.45. The van der Waals surface area contributed by atoms with Gasteiger partial charge in [0, 0.05) is 23.6 Å². The van der Waals surface area contributed by atoms with Crippen molar-refractivity contribution in [1.29, 1.82) is 0 Å². The summed E-state index contributed by atoms with van der Waals surface area (Å²) < 4.78 is 0. The Kier molecular flexibility index (Phi) is 5.09. The minimum absolute atomic E-state index is 0.0158. The third-order valence-corrected chi connectivity index (χ3v) is 4.77. The second-order valence-electron chi connectivity index (χ2n) is 5.58. The Morgan fingerprint density at radius 3 is 2.48 bits per heavy atom. The number of nitrogens with zero attached hydrogens (tertiary/aromatic N) is 2. The number of carbonyl (C=O) groups is 2. The number of anilines is 1. The summed E-state index contributed by atoms with van der Waals surface area (Å²) in [6.45, 7) is 3.31. The Morgan fingerprint density at radius 2 is 1.76 bits per heavy atom. The normalized spacial score (nSPS) is 11.9. The van der Waals surface area contributed by atoms with Crippen LogP contribution in [0.3, 0.4) is 0 Å². The predicted molar refractivity (Wildman–Crippen MR) is 99.9 cm³/mol. The van der Waals surface area contributed by atoms with Crippen LogP contribution < -0.4 is 5.32 Å². The van der Waals surface area contributed by atoms with Crippen molar-refractivity contribution in [3.05, 3.63) is 60.4 Å². The average molecular weight is 351 g/mol. The number of para-hydroxylation sites is 1. The molecule has 0 aliphatic heterocycles. The first-order chi connectivity index (χ1) is 12.0. The topological polar surface area (TPSA) is 72.0 Å². The lowest BCUT2D eigenvalue weighted by Gasteiger charge is -2.11. The third kappa shape index (κ3) is 4.03. The van der Waals surface area contributed by atoms with E-state index in [4.69, 9.17) is 0 Å². The number of carbonyl (C=O) groups excluding carboxylic acids is 2. The van der Waals surface area contributed by atoms with E-state index in [1.807, 2.05) is 31.2 Å². The number of amides is 1. The molecule has 0 spiro atoms. The van der Waals surface area contributed by atoms with Gasteiger partial charge < -0.3 is 5.32 Å². The summed E-state index contributed by atoms with van der Waals surface area (Å²) in [4.78, 5) is 32.3. The minimum Gasteiger partial charge on any atom is -0.326 e. The summed E-state index contributed by atoms with van der Waals surface area (Å²) >= 11 is 1.42. The maximum Gasteiger partial charge on any atom is 0.221 e. The monoisotopic (exact) mass is 351 g/mol. The molecule has 0 aliphatic rings. The van der Waals surface area contributed by atoms with Crippen LogP contribution in [0.5, 0.6) is 0 Å². The van der Waals surface area contributed by atoms with Crippen LogP contribution in [-0.4, -0.2) is 26.9 Å². The number of thioether (sulfide) groups is 1. The first-order valence-corrected chi connectivity index (χ1v) is 8.71. The van der Waals surface area contributed by atoms with Gasteiger partial charge in [-0.15, -0.1) is 0 Å². The van der Waals surface area contributed by atoms with Crippen molar-refractivity contribution in [3.8, 4) is 0 Å². The SMILES string of the molecule is CC(=O)Nc1ccc(C(=O)[C@H](C)Sc2ncnc3ccccc23)cc1. The van der Waals surface area contributed by atoms with Gasteiger partial charge in [-0.3, -0.25) is 9.59 Å². The Labute approximate surface area is 149 Å². The molecule has 1 heterocycles. The molecule has 5 nitrogen and oxygen atoms in total. The fraction of sp³-hybridized carbons (Fsp3) is 0.158. The highest BCUT2D eigenvalue weighted by atomic mass is 32.2. The number of hydrogen-bond donors (Lipinski definition) is 1. The Bertz CT molecular complexity index is 920. The number of ketones is 1. The second-order valence-corrected chi connectivity index (χ2v) is 6.91. The molecule has 0 aliphatic carbocycles. The highest BCUT2D eigenvalue weighted by Gasteiger charge is 2.18. The molecular weight excluding hydrogens is 334 g/mol. The van der Waals surface area contributed by atoms with E-state index in [9.17, 15) is 9.59 Å². The number of rotatable bonds is 5. The number of benzene rings is 2. The predicted octanol–water partition coefficient (Wildman–Crippen LogP) is 3.95. The number of aromatic nitrogens is 2. The van der Waals surface area contributed by atoms with Gasteiger partial charge in [0.1, 0.15) is 11.4 Å². The first kappa shape index (κ1) is 17.1. The summed E-state index contributed by atoms with van der Waals surface area (Å²) in [7, 11) is 0. The van der Waals surface area contributed by atoms with Crippen LogP contribution in [0.2, 0.25) is 0 Å². The zero-order chi connectivity index (χ0) is 17.8. The standard InChI is InChI=1S/C19H17N3O2S/c1-12(18(24)14-7-9-15(10-8-14)22-13(2)23)25-19-16-5-3-4-6-17(16)20-11-21-19/h3-12H,1-2H3,(H,22,23)/t12-/m0/s1. The van der Waals surface area contributed by atoms with Crippen LogP contribution >= 0.6 is 11.8 Å². The number of nitrogens with one attached hydrogen (secondary N) is 1. The lowest BCUT2D eigenvalue weighted by molar-refractivity contribution is -0.114. The quantitative estimate of drug-likeness (QED) is 0.428. The van der Waals surface area contributed by atoms with Gasteiger partial charge >= 0.3 is 0 Å². The van der Waals surface area contributed by atoms with Gasteiger partial charge in [-0.05, 0) is 37.3 Å². The van der Waals surface area contributed by atoms with Crippen LogP contribution in [0.4, 0.5) is 5.69 Å². The van der Waals surface area contributed by atoms with Gasteiger partial charge in [0.15, 0.2) is 5.78 Å². The summed E-state index contributed by atoms with van der Waals surface area (Å²) in [5.74, 6) is -0.124. The van der Waals surface area contributed by atoms with Gasteiger partial charge in [-0.25, -0.2) is 9.97 Å². The fourth-order valence-corrected chi connectivity index (χ4v) is 3.44. The lowest BCUT2D eigenvalue weighted by Crippen LogP contribution is -2.14. The number of Topliss-reactive ketones (excluding diaryl/α,β-unsaturated/α-hetero) is 1. The van der Waals surface area contributed by atoms with Crippen LogP contribution in [0.15, 0.2) is 59.9 Å². The van der Waals surface area contributed by atoms with Crippen molar-refractivity contribution >= 4 is 40.0 Å². The van der Waals surface area contributed by atoms with Crippen molar-refractivity contribution in [2.45, 2.75) is 24.1 Å². The molecule has 0 fully saturated rings. The lowest BCUT2D eigenvalue weighted by atomic mass is 10.1. The maximum atomic E-state index is 12.7. The molecule has 6 heteroatoms. The van der Waals surface area contributed by atoms with E-state index in [1.54, 1.807) is 24.3 Å². The molecular formula is C19H17N3O2S. The molecule has 1 amide bonds. The number of fused-ring (bicyclic) bond motifs is 1. The van der Waals surface area contributed by atoms with E-state index in [0.29, 0.717) is 11.3 Å². The molecule has 3 aromatic rings. The summed E-state index contributed by atoms with van der Waals surface area (Å²) in [5, 5.41) is 4.13. The molecule has 0 bridgehead atoms. The summed E-state index contributed by atoms with van der Waals surface area (Å²) in [5.41, 5.74) is 2.14. The van der Waals surface area contributed by atoms with E-state index in [2.05, 4.69) is 15.3 Å². The molecule has 25 heavy (non-hydrogen) atoms. The maximum absolute atomic E-state index is 12.7. The second kappa shape index (κ2) is 7.44. The summed E-state index contributed by atoms with van der Waals surface area (Å²) in [6, 6.07) is 14.6. The molecule has 3 rings (SSSR count). The van der Waals surface area contributed by atoms with E-state index in [0.717, 1.165) is 15.9 Å². The molecule has 2 aromatic carbocycles. The van der Waals surface area contributed by atoms with Crippen molar-refractivity contribution in [2.75, 3.05) is 5.32 Å². The largest absolute Gasteiger partial charge is 0.326 e. The smallest absolute Gasteiger partial charge is 0.221 e. The van der Waals surface area contributed by atoms with Crippen molar-refractivity contribution in [1.82, 2.24) is 9.97 Å². The van der Waals surface area contributed by atoms with E-state index >= 15 is 0 Å². The van der Waals surface area contributed by atoms with Gasteiger partial charge in [-0.2, -0.15) is 0 Å². The zero-order valence-electron chi connectivity index (χ0n) is 13.9. The molecule has 1 atom stereocenters. The zero-order valence-corrected chi connectivity index (χ0v) is 14.7. The molecule has 0 saturated carbocycles. The molecule has 0 saturated heterocycles. The van der Waals surface area contributed by atoms with Crippen LogP contribution in [0, 0.1) is 0 Å². The highest BCUT2D eigenvalue weighted by molar-refractivity contribution is 8.00. The number of hydrogen-bond acceptors (Lipinski definition) is 5. The average Bonchev–Trinajstić information content (AvgIpc) is 2.61. The Hall–Kier alpha value is -2.73. The van der Waals surface area contributed by atoms with E-state index < -0.39 is 0 Å². The minimum atomic E-state index is -0.287. The Balaban J connectivity index is 1.77. The summed E-state index contributed by atoms with van der Waals surface area (Å²) in [6.07, 6.45) is 1.52.